The fourth-order valence-corrected chi connectivity index (χ4v) is 4.72. The Labute approximate surface area is 149 Å². The zero-order valence-corrected chi connectivity index (χ0v) is 15.1. The zero-order chi connectivity index (χ0) is 17.6. The molecule has 0 aromatic rings. The van der Waals surface area contributed by atoms with Crippen LogP contribution >= 0.6 is 0 Å². The minimum Gasteiger partial charge on any atom is -0.459 e. The summed E-state index contributed by atoms with van der Waals surface area (Å²) in [6.07, 6.45) is 3.67. The van der Waals surface area contributed by atoms with Crippen LogP contribution in [0.15, 0.2) is 11.6 Å². The highest BCUT2D eigenvalue weighted by Gasteiger charge is 2.64. The van der Waals surface area contributed by atoms with Gasteiger partial charge in [-0.15, -0.1) is 0 Å². The van der Waals surface area contributed by atoms with E-state index in [1.807, 2.05) is 0 Å². The molecule has 6 nitrogen and oxygen atoms in total. The number of aliphatic hydroxyl groups excluding tert-OH is 1. The van der Waals surface area contributed by atoms with Crippen LogP contribution in [-0.2, 0) is 19.0 Å². The van der Waals surface area contributed by atoms with E-state index in [-0.39, 0.29) is 35.6 Å². The van der Waals surface area contributed by atoms with E-state index in [0.29, 0.717) is 26.2 Å². The summed E-state index contributed by atoms with van der Waals surface area (Å²) >= 11 is 0. The van der Waals surface area contributed by atoms with Gasteiger partial charge in [0.25, 0.3) is 0 Å². The van der Waals surface area contributed by atoms with Crippen LogP contribution in [0.5, 0.6) is 0 Å². The molecule has 3 fully saturated rings. The van der Waals surface area contributed by atoms with Crippen LogP contribution in [-0.4, -0.2) is 72.7 Å². The van der Waals surface area contributed by atoms with Gasteiger partial charge in [-0.1, -0.05) is 11.6 Å². The Morgan fingerprint density at radius 3 is 2.88 bits per heavy atom. The van der Waals surface area contributed by atoms with Crippen molar-refractivity contribution < 1.29 is 24.1 Å². The summed E-state index contributed by atoms with van der Waals surface area (Å²) < 4.78 is 17.1. The normalized spacial score (nSPS) is 47.2. The topological polar surface area (TPSA) is 71.5 Å². The molecule has 1 N–H and O–H groups in total. The molecule has 6 atom stereocenters. The standard InChI is InChI=1S/C19H29NO5/c1-12-4-3-5-19(2)17(25-19)16-15(14(21)10-12)13(18(22)24-16)11-20-6-8-23-9-7-20/h4,13-17,21H,3,5-11H2,1-2H3/b12-4+/t13-,14-,15-,16-,17+,19+/m0/s1. The third-order valence-electron chi connectivity index (χ3n) is 6.31. The molecule has 3 saturated heterocycles. The lowest BCUT2D eigenvalue weighted by Crippen LogP contribution is -2.45. The Bertz CT molecular complexity index is 558. The molecule has 6 heteroatoms. The maximum atomic E-state index is 12.6. The van der Waals surface area contributed by atoms with Crippen molar-refractivity contribution in [3.05, 3.63) is 11.6 Å². The molecule has 0 saturated carbocycles. The number of carbonyl (C=O) groups excluding carboxylic acids is 1. The maximum Gasteiger partial charge on any atom is 0.311 e. The van der Waals surface area contributed by atoms with Crippen molar-refractivity contribution >= 4 is 5.97 Å². The van der Waals surface area contributed by atoms with Crippen molar-refractivity contribution in [2.24, 2.45) is 11.8 Å². The fraction of sp³-hybridized carbons (Fsp3) is 0.842. The first-order chi connectivity index (χ1) is 12.0. The van der Waals surface area contributed by atoms with Crippen LogP contribution in [0.2, 0.25) is 0 Å². The van der Waals surface area contributed by atoms with Gasteiger partial charge in [-0.05, 0) is 33.1 Å². The van der Waals surface area contributed by atoms with Gasteiger partial charge in [-0.3, -0.25) is 9.69 Å². The second kappa shape index (κ2) is 6.65. The third-order valence-corrected chi connectivity index (χ3v) is 6.31. The zero-order valence-electron chi connectivity index (χ0n) is 15.1. The largest absolute Gasteiger partial charge is 0.459 e. The predicted octanol–water partition coefficient (Wildman–Crippen LogP) is 1.12. The number of ether oxygens (including phenoxy) is 3. The number of aliphatic hydroxyl groups is 1. The van der Waals surface area contributed by atoms with Crippen molar-refractivity contribution in [2.75, 3.05) is 32.8 Å². The highest BCUT2D eigenvalue weighted by molar-refractivity contribution is 5.76. The number of rotatable bonds is 2. The summed E-state index contributed by atoms with van der Waals surface area (Å²) in [5, 5.41) is 10.9. The Morgan fingerprint density at radius 2 is 2.12 bits per heavy atom. The molecule has 0 aromatic carbocycles. The second-order valence-corrected chi connectivity index (χ2v) is 8.21. The highest BCUT2D eigenvalue weighted by Crippen LogP contribution is 2.50. The first kappa shape index (κ1) is 17.5. The number of hydrogen-bond donors (Lipinski definition) is 1. The highest BCUT2D eigenvalue weighted by atomic mass is 16.6. The Kier molecular flexibility index (Phi) is 4.65. The monoisotopic (exact) mass is 351 g/mol. The minimum absolute atomic E-state index is 0.0856. The van der Waals surface area contributed by atoms with E-state index in [4.69, 9.17) is 14.2 Å². The van der Waals surface area contributed by atoms with Crippen molar-refractivity contribution in [1.82, 2.24) is 4.90 Å². The van der Waals surface area contributed by atoms with Crippen LogP contribution in [0.1, 0.15) is 33.1 Å². The van der Waals surface area contributed by atoms with Gasteiger partial charge in [0, 0.05) is 25.6 Å². The molecule has 1 aliphatic carbocycles. The van der Waals surface area contributed by atoms with E-state index in [0.717, 1.165) is 25.9 Å². The minimum atomic E-state index is -0.578. The Morgan fingerprint density at radius 1 is 1.36 bits per heavy atom. The number of esters is 1. The fourth-order valence-electron chi connectivity index (χ4n) is 4.72. The number of morpholine rings is 1. The molecule has 0 amide bonds. The first-order valence-electron chi connectivity index (χ1n) is 9.50. The summed E-state index contributed by atoms with van der Waals surface area (Å²) in [6.45, 7) is 7.83. The number of allylic oxidation sites excluding steroid dienone is 1. The van der Waals surface area contributed by atoms with Crippen molar-refractivity contribution in [1.29, 1.82) is 0 Å². The van der Waals surface area contributed by atoms with E-state index in [1.165, 1.54) is 5.57 Å². The third kappa shape index (κ3) is 3.37. The Balaban J connectivity index is 1.57. The number of hydrogen-bond acceptors (Lipinski definition) is 6. The average Bonchev–Trinajstić information content (AvgIpc) is 3.13. The molecule has 140 valence electrons. The maximum absolute atomic E-state index is 12.6. The molecular formula is C19H29NO5. The quantitative estimate of drug-likeness (QED) is 0.457. The van der Waals surface area contributed by atoms with E-state index in [2.05, 4.69) is 24.8 Å². The molecular weight excluding hydrogens is 322 g/mol. The van der Waals surface area contributed by atoms with E-state index >= 15 is 0 Å². The number of fused-ring (bicyclic) bond motifs is 3. The molecule has 25 heavy (non-hydrogen) atoms. The van der Waals surface area contributed by atoms with Gasteiger partial charge in [-0.25, -0.2) is 0 Å². The van der Waals surface area contributed by atoms with Crippen LogP contribution in [0.4, 0.5) is 0 Å². The van der Waals surface area contributed by atoms with Crippen LogP contribution < -0.4 is 0 Å². The summed E-state index contributed by atoms with van der Waals surface area (Å²) in [6, 6.07) is 0. The molecule has 4 rings (SSSR count). The van der Waals surface area contributed by atoms with Gasteiger partial charge < -0.3 is 19.3 Å². The molecule has 4 aliphatic rings. The van der Waals surface area contributed by atoms with E-state index in [9.17, 15) is 9.90 Å². The number of epoxide rings is 1. The van der Waals surface area contributed by atoms with Crippen molar-refractivity contribution in [3.8, 4) is 0 Å². The van der Waals surface area contributed by atoms with Gasteiger partial charge >= 0.3 is 5.97 Å². The molecule has 0 radical (unpaired) electrons. The molecule has 0 bridgehead atoms. The lowest BCUT2D eigenvalue weighted by Gasteiger charge is -2.32. The van der Waals surface area contributed by atoms with Gasteiger partial charge in [0.05, 0.1) is 30.8 Å². The van der Waals surface area contributed by atoms with Crippen LogP contribution in [0.25, 0.3) is 0 Å². The van der Waals surface area contributed by atoms with Crippen molar-refractivity contribution in [2.45, 2.75) is 57.0 Å². The van der Waals surface area contributed by atoms with Gasteiger partial charge in [0.1, 0.15) is 12.2 Å². The van der Waals surface area contributed by atoms with Gasteiger partial charge in [0.15, 0.2) is 0 Å². The summed E-state index contributed by atoms with van der Waals surface area (Å²) in [4.78, 5) is 14.9. The van der Waals surface area contributed by atoms with Gasteiger partial charge in [-0.2, -0.15) is 0 Å². The smallest absolute Gasteiger partial charge is 0.311 e. The first-order valence-corrected chi connectivity index (χ1v) is 9.50. The summed E-state index contributed by atoms with van der Waals surface area (Å²) in [5.41, 5.74) is 0.948. The number of nitrogens with zero attached hydrogens (tertiary/aromatic N) is 1. The summed E-state index contributed by atoms with van der Waals surface area (Å²) in [5.74, 6) is -0.679. The van der Waals surface area contributed by atoms with E-state index < -0.39 is 6.10 Å². The predicted molar refractivity (Wildman–Crippen MR) is 91.0 cm³/mol. The SMILES string of the molecule is C/C1=C\CC[C@@]2(C)O[C@@H]2[C@H]2OC(=O)[C@@H](CN3CCOCC3)[C@H]2[C@@H](O)C1. The van der Waals surface area contributed by atoms with E-state index in [1.54, 1.807) is 0 Å². The molecule has 0 unspecified atom stereocenters. The Hall–Kier alpha value is -0.950. The average molecular weight is 351 g/mol. The lowest BCUT2D eigenvalue weighted by molar-refractivity contribution is -0.145. The van der Waals surface area contributed by atoms with Gasteiger partial charge in [0.2, 0.25) is 0 Å². The molecule has 0 spiro atoms. The van der Waals surface area contributed by atoms with Crippen LogP contribution in [0.3, 0.4) is 0 Å². The summed E-state index contributed by atoms with van der Waals surface area (Å²) in [7, 11) is 0. The van der Waals surface area contributed by atoms with Crippen molar-refractivity contribution in [3.63, 3.8) is 0 Å². The number of carbonyl (C=O) groups is 1. The molecule has 3 heterocycles. The molecule has 3 aliphatic heterocycles. The molecule has 0 aromatic heterocycles. The lowest BCUT2D eigenvalue weighted by atomic mass is 9.78. The van der Waals surface area contributed by atoms with Crippen LogP contribution in [0, 0.1) is 11.8 Å². The second-order valence-electron chi connectivity index (χ2n) is 8.21.